The van der Waals surface area contributed by atoms with Crippen molar-refractivity contribution in [1.82, 2.24) is 5.32 Å². The number of carbonyl (C=O) groups excluding carboxylic acids is 1. The molecule has 0 aromatic heterocycles. The van der Waals surface area contributed by atoms with Crippen LogP contribution in [0, 0.1) is 5.41 Å². The van der Waals surface area contributed by atoms with E-state index in [9.17, 15) is 4.79 Å². The molecule has 17 heavy (non-hydrogen) atoms. The molecule has 0 spiro atoms. The Kier molecular flexibility index (Phi) is 4.57. The maximum atomic E-state index is 11.6. The van der Waals surface area contributed by atoms with Crippen LogP contribution < -0.4 is 5.32 Å². The second-order valence-corrected chi connectivity index (χ2v) is 5.65. The number of hydrogen-bond donors (Lipinski definition) is 1. The second-order valence-electron chi connectivity index (χ2n) is 5.65. The van der Waals surface area contributed by atoms with Crippen LogP contribution in [0.5, 0.6) is 0 Å². The number of hydrogen-bond acceptors (Lipinski definition) is 3. The van der Waals surface area contributed by atoms with Gasteiger partial charge in [0.2, 0.25) is 0 Å². The van der Waals surface area contributed by atoms with Gasteiger partial charge in [0, 0.05) is 18.6 Å². The summed E-state index contributed by atoms with van der Waals surface area (Å²) in [7, 11) is 0. The summed E-state index contributed by atoms with van der Waals surface area (Å²) in [6.45, 7) is 11.3. The molecule has 1 rings (SSSR count). The zero-order chi connectivity index (χ0) is 12.9. The Morgan fingerprint density at radius 1 is 1.59 bits per heavy atom. The quantitative estimate of drug-likeness (QED) is 0.769. The summed E-state index contributed by atoms with van der Waals surface area (Å²) in [6.07, 6.45) is 3.32. The van der Waals surface area contributed by atoms with Gasteiger partial charge in [-0.1, -0.05) is 6.08 Å². The Labute approximate surface area is 103 Å². The molecule has 1 aliphatic rings. The molecular formula is C13H23NO3. The van der Waals surface area contributed by atoms with Crippen molar-refractivity contribution in [3.8, 4) is 0 Å². The molecule has 1 amide bonds. The van der Waals surface area contributed by atoms with E-state index < -0.39 is 5.60 Å². The minimum absolute atomic E-state index is 0.00134. The zero-order valence-corrected chi connectivity index (χ0v) is 11.0. The van der Waals surface area contributed by atoms with Crippen molar-refractivity contribution < 1.29 is 14.3 Å². The summed E-state index contributed by atoms with van der Waals surface area (Å²) in [6, 6.07) is 0. The largest absolute Gasteiger partial charge is 0.444 e. The van der Waals surface area contributed by atoms with Gasteiger partial charge in [0.15, 0.2) is 0 Å². The smallest absolute Gasteiger partial charge is 0.407 e. The monoisotopic (exact) mass is 241 g/mol. The zero-order valence-electron chi connectivity index (χ0n) is 11.0. The fraction of sp³-hybridized carbons (Fsp3) is 0.769. The molecular weight excluding hydrogens is 218 g/mol. The lowest BCUT2D eigenvalue weighted by molar-refractivity contribution is 0.0493. The molecule has 1 heterocycles. The maximum Gasteiger partial charge on any atom is 0.407 e. The van der Waals surface area contributed by atoms with E-state index in [1.54, 1.807) is 0 Å². The van der Waals surface area contributed by atoms with Gasteiger partial charge in [-0.05, 0) is 33.6 Å². The predicted molar refractivity (Wildman–Crippen MR) is 66.9 cm³/mol. The normalized spacial score (nSPS) is 24.4. The van der Waals surface area contributed by atoms with Gasteiger partial charge >= 0.3 is 6.09 Å². The fourth-order valence-corrected chi connectivity index (χ4v) is 1.90. The highest BCUT2D eigenvalue weighted by atomic mass is 16.6. The lowest BCUT2D eigenvalue weighted by Gasteiger charge is -2.27. The van der Waals surface area contributed by atoms with Gasteiger partial charge in [-0.15, -0.1) is 6.58 Å². The third kappa shape index (κ3) is 4.77. The van der Waals surface area contributed by atoms with E-state index in [2.05, 4.69) is 11.9 Å². The number of ether oxygens (including phenoxy) is 2. The van der Waals surface area contributed by atoms with Crippen molar-refractivity contribution in [2.24, 2.45) is 5.41 Å². The number of rotatable bonds is 4. The summed E-state index contributed by atoms with van der Waals surface area (Å²) >= 11 is 0. The van der Waals surface area contributed by atoms with Crippen LogP contribution in [0.4, 0.5) is 4.79 Å². The third-order valence-electron chi connectivity index (χ3n) is 2.77. The standard InChI is InChI=1S/C13H23NO3/c1-5-6-13(7-8-16-10-13)9-14-11(15)17-12(2,3)4/h5H,1,6-10H2,2-4H3,(H,14,15). The third-order valence-corrected chi connectivity index (χ3v) is 2.77. The van der Waals surface area contributed by atoms with Gasteiger partial charge in [-0.3, -0.25) is 0 Å². The van der Waals surface area contributed by atoms with Crippen molar-refractivity contribution >= 4 is 6.09 Å². The fourth-order valence-electron chi connectivity index (χ4n) is 1.90. The van der Waals surface area contributed by atoms with Gasteiger partial charge in [0.05, 0.1) is 6.61 Å². The number of carbonyl (C=O) groups is 1. The topological polar surface area (TPSA) is 47.6 Å². The molecule has 1 N–H and O–H groups in total. The first-order valence-corrected chi connectivity index (χ1v) is 6.02. The Bertz CT molecular complexity index is 275. The number of nitrogens with one attached hydrogen (secondary N) is 1. The molecule has 0 saturated carbocycles. The van der Waals surface area contributed by atoms with Gasteiger partial charge in [0.1, 0.15) is 5.60 Å². The lowest BCUT2D eigenvalue weighted by Crippen LogP contribution is -2.40. The van der Waals surface area contributed by atoms with Crippen LogP contribution in [0.1, 0.15) is 33.6 Å². The van der Waals surface area contributed by atoms with Crippen molar-refractivity contribution in [2.45, 2.75) is 39.2 Å². The summed E-state index contributed by atoms with van der Waals surface area (Å²) in [4.78, 5) is 11.6. The molecule has 0 aromatic rings. The van der Waals surface area contributed by atoms with Gasteiger partial charge in [-0.2, -0.15) is 0 Å². The van der Waals surface area contributed by atoms with Crippen LogP contribution in [-0.2, 0) is 9.47 Å². The Morgan fingerprint density at radius 2 is 2.29 bits per heavy atom. The van der Waals surface area contributed by atoms with E-state index in [-0.39, 0.29) is 11.5 Å². The van der Waals surface area contributed by atoms with Gasteiger partial charge in [0.25, 0.3) is 0 Å². The highest BCUT2D eigenvalue weighted by molar-refractivity contribution is 5.67. The van der Waals surface area contributed by atoms with Crippen LogP contribution >= 0.6 is 0 Å². The Morgan fingerprint density at radius 3 is 2.76 bits per heavy atom. The summed E-state index contributed by atoms with van der Waals surface area (Å²) in [5.41, 5.74) is -0.458. The van der Waals surface area contributed by atoms with Gasteiger partial charge < -0.3 is 14.8 Å². The van der Waals surface area contributed by atoms with Crippen molar-refractivity contribution in [1.29, 1.82) is 0 Å². The summed E-state index contributed by atoms with van der Waals surface area (Å²) in [5, 5.41) is 2.82. The maximum absolute atomic E-state index is 11.6. The van der Waals surface area contributed by atoms with E-state index in [0.29, 0.717) is 13.2 Å². The van der Waals surface area contributed by atoms with E-state index in [1.807, 2.05) is 26.8 Å². The Balaban J connectivity index is 2.42. The van der Waals surface area contributed by atoms with Crippen molar-refractivity contribution in [2.75, 3.05) is 19.8 Å². The molecule has 1 saturated heterocycles. The highest BCUT2D eigenvalue weighted by Crippen LogP contribution is 2.32. The van der Waals surface area contributed by atoms with Crippen LogP contribution in [0.3, 0.4) is 0 Å². The molecule has 1 fully saturated rings. The van der Waals surface area contributed by atoms with Gasteiger partial charge in [-0.25, -0.2) is 4.79 Å². The first-order chi connectivity index (χ1) is 7.87. The summed E-state index contributed by atoms with van der Waals surface area (Å²) < 4.78 is 10.6. The minimum atomic E-state index is -0.456. The Hall–Kier alpha value is -1.03. The molecule has 0 aliphatic carbocycles. The highest BCUT2D eigenvalue weighted by Gasteiger charge is 2.34. The molecule has 1 aliphatic heterocycles. The van der Waals surface area contributed by atoms with Crippen LogP contribution in [-0.4, -0.2) is 31.5 Å². The molecule has 98 valence electrons. The first kappa shape index (κ1) is 14.0. The molecule has 4 nitrogen and oxygen atoms in total. The number of allylic oxidation sites excluding steroid dienone is 1. The molecule has 1 unspecified atom stereocenters. The van der Waals surface area contributed by atoms with E-state index in [1.165, 1.54) is 0 Å². The molecule has 1 atom stereocenters. The van der Waals surface area contributed by atoms with Crippen LogP contribution in [0.15, 0.2) is 12.7 Å². The average molecular weight is 241 g/mol. The predicted octanol–water partition coefficient (Wildman–Crippen LogP) is 2.49. The number of alkyl carbamates (subject to hydrolysis) is 1. The second kappa shape index (κ2) is 5.54. The lowest BCUT2D eigenvalue weighted by atomic mass is 9.84. The SMILES string of the molecule is C=CCC1(CNC(=O)OC(C)(C)C)CCOC1. The molecule has 0 radical (unpaired) electrons. The van der Waals surface area contributed by atoms with Crippen molar-refractivity contribution in [3.05, 3.63) is 12.7 Å². The summed E-state index contributed by atoms with van der Waals surface area (Å²) in [5.74, 6) is 0. The minimum Gasteiger partial charge on any atom is -0.444 e. The molecule has 4 heteroatoms. The van der Waals surface area contributed by atoms with E-state index >= 15 is 0 Å². The molecule has 0 aromatic carbocycles. The average Bonchev–Trinajstić information content (AvgIpc) is 2.62. The van der Waals surface area contributed by atoms with E-state index in [0.717, 1.165) is 19.4 Å². The molecule has 0 bridgehead atoms. The van der Waals surface area contributed by atoms with Crippen LogP contribution in [0.2, 0.25) is 0 Å². The van der Waals surface area contributed by atoms with Crippen LogP contribution in [0.25, 0.3) is 0 Å². The number of amides is 1. The van der Waals surface area contributed by atoms with E-state index in [4.69, 9.17) is 9.47 Å². The first-order valence-electron chi connectivity index (χ1n) is 6.02. The van der Waals surface area contributed by atoms with Crippen molar-refractivity contribution in [3.63, 3.8) is 0 Å².